The van der Waals surface area contributed by atoms with Crippen LogP contribution in [0.1, 0.15) is 45.7 Å². The van der Waals surface area contributed by atoms with Crippen LogP contribution in [0.15, 0.2) is 122 Å². The predicted molar refractivity (Wildman–Crippen MR) is 181 cm³/mol. The van der Waals surface area contributed by atoms with Crippen LogP contribution in [0.4, 0.5) is 0 Å². The fourth-order valence-corrected chi connectivity index (χ4v) is 5.19. The molecule has 2 nitrogen and oxygen atoms in total. The SMILES string of the molecule is CC.CC.CCc1cc(C)cc(-c2cc3ccccc3c3ccccc23)c1.c1cnc2c(c1)ccc1cccnc12. The van der Waals surface area contributed by atoms with Gasteiger partial charge in [0.05, 0.1) is 11.0 Å². The van der Waals surface area contributed by atoms with Gasteiger partial charge in [-0.3, -0.25) is 9.97 Å². The highest BCUT2D eigenvalue weighted by Gasteiger charge is 2.09. The first-order chi connectivity index (χ1) is 20.2. The van der Waals surface area contributed by atoms with Gasteiger partial charge in [-0.2, -0.15) is 0 Å². The normalized spacial score (nSPS) is 10.3. The maximum atomic E-state index is 4.35. The van der Waals surface area contributed by atoms with Crippen LogP contribution in [-0.2, 0) is 6.42 Å². The number of hydrogen-bond acceptors (Lipinski definition) is 2. The summed E-state index contributed by atoms with van der Waals surface area (Å²) in [6.07, 6.45) is 4.67. The molecular weight excluding hydrogens is 496 g/mol. The van der Waals surface area contributed by atoms with Gasteiger partial charge in [-0.25, -0.2) is 0 Å². The molecule has 0 aliphatic carbocycles. The van der Waals surface area contributed by atoms with Crippen molar-refractivity contribution in [1.29, 1.82) is 0 Å². The largest absolute Gasteiger partial charge is 0.254 e. The van der Waals surface area contributed by atoms with Crippen LogP contribution in [0.3, 0.4) is 0 Å². The van der Waals surface area contributed by atoms with Gasteiger partial charge in [-0.1, -0.05) is 131 Å². The number of fused-ring (bicyclic) bond motifs is 6. The lowest BCUT2D eigenvalue weighted by molar-refractivity contribution is 1.13. The molecular formula is C39H40N2. The van der Waals surface area contributed by atoms with Gasteiger partial charge in [0.25, 0.3) is 0 Å². The molecule has 0 unspecified atom stereocenters. The number of aryl methyl sites for hydroxylation is 2. The molecule has 7 aromatic rings. The summed E-state index contributed by atoms with van der Waals surface area (Å²) in [6.45, 7) is 12.4. The minimum atomic E-state index is 0.977. The van der Waals surface area contributed by atoms with Crippen LogP contribution in [0.2, 0.25) is 0 Å². The van der Waals surface area contributed by atoms with E-state index in [2.05, 4.69) is 121 Å². The quantitative estimate of drug-likeness (QED) is 0.205. The molecule has 0 saturated heterocycles. The lowest BCUT2D eigenvalue weighted by Crippen LogP contribution is -1.88. The third-order valence-corrected chi connectivity index (χ3v) is 6.97. The van der Waals surface area contributed by atoms with Crippen LogP contribution >= 0.6 is 0 Å². The van der Waals surface area contributed by atoms with Crippen molar-refractivity contribution in [1.82, 2.24) is 9.97 Å². The second kappa shape index (κ2) is 14.2. The molecule has 2 heteroatoms. The summed E-state index contributed by atoms with van der Waals surface area (Å²) < 4.78 is 0. The molecule has 5 aromatic carbocycles. The van der Waals surface area contributed by atoms with Gasteiger partial charge in [0.1, 0.15) is 0 Å². The van der Waals surface area contributed by atoms with Crippen molar-refractivity contribution in [3.05, 3.63) is 133 Å². The standard InChI is InChI=1S/C23H20.C12H8N2.2C2H6/c1-3-17-12-16(2)13-19(14-17)23-15-18-8-4-5-9-20(18)21-10-6-7-11-22(21)23;1-3-9-5-6-10-4-2-8-14-12(10)11(9)13-7-1;2*1-2/h4-15H,3H2,1-2H3;1-8H;2*1-2H3. The third-order valence-electron chi connectivity index (χ3n) is 6.97. The van der Waals surface area contributed by atoms with Crippen molar-refractivity contribution < 1.29 is 0 Å². The van der Waals surface area contributed by atoms with Crippen LogP contribution < -0.4 is 0 Å². The van der Waals surface area contributed by atoms with Crippen molar-refractivity contribution in [2.24, 2.45) is 0 Å². The zero-order chi connectivity index (χ0) is 29.2. The van der Waals surface area contributed by atoms with Gasteiger partial charge < -0.3 is 0 Å². The number of pyridine rings is 2. The Morgan fingerprint density at radius 1 is 0.512 bits per heavy atom. The summed E-state index contributed by atoms with van der Waals surface area (Å²) in [7, 11) is 0. The second-order valence-electron chi connectivity index (χ2n) is 9.47. The average molecular weight is 537 g/mol. The first-order valence-electron chi connectivity index (χ1n) is 14.8. The van der Waals surface area contributed by atoms with E-state index < -0.39 is 0 Å². The van der Waals surface area contributed by atoms with Crippen LogP contribution in [0.25, 0.3) is 54.5 Å². The fourth-order valence-electron chi connectivity index (χ4n) is 5.19. The average Bonchev–Trinajstić information content (AvgIpc) is 3.06. The summed E-state index contributed by atoms with van der Waals surface area (Å²) >= 11 is 0. The third kappa shape index (κ3) is 6.44. The van der Waals surface area contributed by atoms with Crippen LogP contribution in [0, 0.1) is 6.92 Å². The summed E-state index contributed by atoms with van der Waals surface area (Å²) in [5, 5.41) is 7.58. The molecule has 0 saturated carbocycles. The molecule has 0 fully saturated rings. The molecule has 0 bridgehead atoms. The Kier molecular flexibility index (Phi) is 10.2. The highest BCUT2D eigenvalue weighted by atomic mass is 14.7. The van der Waals surface area contributed by atoms with E-state index in [4.69, 9.17) is 0 Å². The summed E-state index contributed by atoms with van der Waals surface area (Å²) in [6, 6.07) is 38.8. The van der Waals surface area contributed by atoms with E-state index in [0.717, 1.165) is 28.2 Å². The number of aromatic nitrogens is 2. The van der Waals surface area contributed by atoms with Crippen molar-refractivity contribution in [2.45, 2.75) is 48.0 Å². The lowest BCUT2D eigenvalue weighted by Gasteiger charge is -2.13. The van der Waals surface area contributed by atoms with Gasteiger partial charge >= 0.3 is 0 Å². The minimum Gasteiger partial charge on any atom is -0.254 e. The van der Waals surface area contributed by atoms with Crippen molar-refractivity contribution in [2.75, 3.05) is 0 Å². The number of nitrogens with zero attached hydrogens (tertiary/aromatic N) is 2. The Morgan fingerprint density at radius 2 is 1.05 bits per heavy atom. The van der Waals surface area contributed by atoms with Gasteiger partial charge in [-0.05, 0) is 69.8 Å². The molecule has 2 aromatic heterocycles. The van der Waals surface area contributed by atoms with Crippen molar-refractivity contribution in [3.63, 3.8) is 0 Å². The van der Waals surface area contributed by atoms with E-state index in [1.807, 2.05) is 39.8 Å². The van der Waals surface area contributed by atoms with E-state index in [1.54, 1.807) is 12.4 Å². The number of rotatable bonds is 2. The number of benzene rings is 5. The highest BCUT2D eigenvalue weighted by Crippen LogP contribution is 2.35. The maximum absolute atomic E-state index is 4.35. The zero-order valence-electron chi connectivity index (χ0n) is 25.1. The Hall–Kier alpha value is -4.56. The van der Waals surface area contributed by atoms with Crippen molar-refractivity contribution in [3.8, 4) is 11.1 Å². The van der Waals surface area contributed by atoms with Gasteiger partial charge in [-0.15, -0.1) is 0 Å². The molecule has 2 heterocycles. The maximum Gasteiger partial charge on any atom is 0.0964 e. The molecule has 0 aliphatic rings. The topological polar surface area (TPSA) is 25.8 Å². The molecule has 206 valence electrons. The Morgan fingerprint density at radius 3 is 1.66 bits per heavy atom. The lowest BCUT2D eigenvalue weighted by atomic mass is 9.91. The molecule has 0 spiro atoms. The summed E-state index contributed by atoms with van der Waals surface area (Å²) in [5.41, 5.74) is 7.34. The highest BCUT2D eigenvalue weighted by molar-refractivity contribution is 6.13. The van der Waals surface area contributed by atoms with Crippen molar-refractivity contribution >= 4 is 43.4 Å². The van der Waals surface area contributed by atoms with E-state index in [0.29, 0.717) is 0 Å². The fraction of sp³-hybridized carbons (Fsp3) is 0.179. The van der Waals surface area contributed by atoms with E-state index in [-0.39, 0.29) is 0 Å². The Labute approximate surface area is 244 Å². The van der Waals surface area contributed by atoms with E-state index >= 15 is 0 Å². The molecule has 0 amide bonds. The van der Waals surface area contributed by atoms with Gasteiger partial charge in [0.15, 0.2) is 0 Å². The van der Waals surface area contributed by atoms with Crippen LogP contribution in [-0.4, -0.2) is 9.97 Å². The van der Waals surface area contributed by atoms with Gasteiger partial charge in [0, 0.05) is 23.2 Å². The Balaban J connectivity index is 0.000000184. The molecule has 41 heavy (non-hydrogen) atoms. The van der Waals surface area contributed by atoms with E-state index in [1.165, 1.54) is 43.8 Å². The van der Waals surface area contributed by atoms with Crippen LogP contribution in [0.5, 0.6) is 0 Å². The molecule has 0 atom stereocenters. The number of hydrogen-bond donors (Lipinski definition) is 0. The van der Waals surface area contributed by atoms with E-state index in [9.17, 15) is 0 Å². The molecule has 7 rings (SSSR count). The second-order valence-corrected chi connectivity index (χ2v) is 9.47. The molecule has 0 N–H and O–H groups in total. The monoisotopic (exact) mass is 536 g/mol. The first-order valence-corrected chi connectivity index (χ1v) is 14.8. The Bertz CT molecular complexity index is 1830. The zero-order valence-corrected chi connectivity index (χ0v) is 25.1. The summed E-state index contributed by atoms with van der Waals surface area (Å²) in [4.78, 5) is 8.69. The summed E-state index contributed by atoms with van der Waals surface area (Å²) in [5.74, 6) is 0. The molecule has 0 radical (unpaired) electrons. The molecule has 0 aliphatic heterocycles. The predicted octanol–water partition coefficient (Wildman–Crippen LogP) is 11.4. The smallest absolute Gasteiger partial charge is 0.0964 e. The minimum absolute atomic E-state index is 0.977. The first kappa shape index (κ1) is 29.4. The van der Waals surface area contributed by atoms with Gasteiger partial charge in [0.2, 0.25) is 0 Å².